The van der Waals surface area contributed by atoms with Crippen LogP contribution in [0, 0.1) is 23.7 Å². The SMILES string of the molecule is CC.CC.Cc1cc(C#N)cc(C(=N)N(C)N)c1. The molecule has 0 aliphatic heterocycles. The van der Waals surface area contributed by atoms with Gasteiger partial charge in [-0.15, -0.1) is 0 Å². The Hall–Kier alpha value is -1.86. The van der Waals surface area contributed by atoms with Gasteiger partial charge in [0, 0.05) is 12.6 Å². The first-order chi connectivity index (χ1) is 8.54. The lowest BCUT2D eigenvalue weighted by Gasteiger charge is -2.13. The number of rotatable bonds is 1. The van der Waals surface area contributed by atoms with Crippen LogP contribution in [0.4, 0.5) is 0 Å². The maximum atomic E-state index is 8.74. The zero-order chi connectivity index (χ0) is 14.7. The third kappa shape index (κ3) is 6.02. The Morgan fingerprint density at radius 3 is 2.11 bits per heavy atom. The van der Waals surface area contributed by atoms with Gasteiger partial charge in [-0.2, -0.15) is 5.26 Å². The smallest absolute Gasteiger partial charge is 0.142 e. The van der Waals surface area contributed by atoms with E-state index in [-0.39, 0.29) is 5.84 Å². The van der Waals surface area contributed by atoms with Crippen molar-refractivity contribution in [2.45, 2.75) is 34.6 Å². The molecule has 3 N–H and O–H groups in total. The van der Waals surface area contributed by atoms with Crippen molar-refractivity contribution in [3.8, 4) is 6.07 Å². The van der Waals surface area contributed by atoms with Crippen molar-refractivity contribution in [2.24, 2.45) is 5.84 Å². The zero-order valence-corrected chi connectivity index (χ0v) is 12.2. The molecule has 0 fully saturated rings. The summed E-state index contributed by atoms with van der Waals surface area (Å²) in [5.74, 6) is 5.63. The molecule has 0 radical (unpaired) electrons. The van der Waals surface area contributed by atoms with Crippen LogP contribution in [0.2, 0.25) is 0 Å². The highest BCUT2D eigenvalue weighted by molar-refractivity contribution is 5.96. The van der Waals surface area contributed by atoms with Gasteiger partial charge >= 0.3 is 0 Å². The molecule has 0 saturated carbocycles. The molecule has 0 bridgehead atoms. The molecule has 1 rings (SSSR count). The van der Waals surface area contributed by atoms with Gasteiger partial charge < -0.3 is 0 Å². The molecule has 1 aromatic rings. The van der Waals surface area contributed by atoms with E-state index in [1.807, 2.05) is 46.8 Å². The summed E-state index contributed by atoms with van der Waals surface area (Å²) in [4.78, 5) is 0. The van der Waals surface area contributed by atoms with Gasteiger partial charge in [-0.1, -0.05) is 27.7 Å². The number of aryl methyl sites for hydroxylation is 1. The van der Waals surface area contributed by atoms with E-state index in [9.17, 15) is 0 Å². The van der Waals surface area contributed by atoms with Crippen LogP contribution in [0.5, 0.6) is 0 Å². The third-order valence-electron chi connectivity index (χ3n) is 1.83. The molecule has 1 aromatic carbocycles. The average Bonchev–Trinajstić information content (AvgIpc) is 2.41. The monoisotopic (exact) mass is 248 g/mol. The van der Waals surface area contributed by atoms with Crippen LogP contribution in [0.1, 0.15) is 44.4 Å². The van der Waals surface area contributed by atoms with Crippen molar-refractivity contribution in [1.29, 1.82) is 10.7 Å². The molecule has 0 amide bonds. The van der Waals surface area contributed by atoms with Crippen molar-refractivity contribution in [1.82, 2.24) is 5.01 Å². The number of nitrogens with one attached hydrogen (secondary N) is 1. The second kappa shape index (κ2) is 10.3. The first-order valence-corrected chi connectivity index (χ1v) is 6.13. The number of hydrazine groups is 1. The molecule has 0 aliphatic rings. The van der Waals surface area contributed by atoms with Gasteiger partial charge in [-0.25, -0.2) is 5.84 Å². The van der Waals surface area contributed by atoms with E-state index in [0.29, 0.717) is 11.1 Å². The molecular formula is C14H24N4. The quantitative estimate of drug-likeness (QED) is 0.347. The van der Waals surface area contributed by atoms with Gasteiger partial charge in [-0.05, 0) is 30.7 Å². The van der Waals surface area contributed by atoms with Crippen molar-refractivity contribution in [2.75, 3.05) is 7.05 Å². The lowest BCUT2D eigenvalue weighted by Crippen LogP contribution is -2.33. The van der Waals surface area contributed by atoms with Crippen LogP contribution in [0.15, 0.2) is 18.2 Å². The summed E-state index contributed by atoms with van der Waals surface area (Å²) in [6.45, 7) is 9.88. The van der Waals surface area contributed by atoms with Gasteiger partial charge in [0.15, 0.2) is 0 Å². The molecule has 100 valence electrons. The number of nitriles is 1. The Morgan fingerprint density at radius 1 is 1.22 bits per heavy atom. The van der Waals surface area contributed by atoms with Crippen LogP contribution in [0.25, 0.3) is 0 Å². The lowest BCUT2D eigenvalue weighted by atomic mass is 10.1. The van der Waals surface area contributed by atoms with E-state index in [1.54, 1.807) is 19.2 Å². The van der Waals surface area contributed by atoms with Crippen molar-refractivity contribution < 1.29 is 0 Å². The summed E-state index contributed by atoms with van der Waals surface area (Å²) in [6.07, 6.45) is 0. The zero-order valence-electron chi connectivity index (χ0n) is 12.2. The maximum Gasteiger partial charge on any atom is 0.142 e. The number of amidine groups is 1. The van der Waals surface area contributed by atoms with Crippen LogP contribution in [-0.4, -0.2) is 17.9 Å². The second-order valence-electron chi connectivity index (χ2n) is 3.16. The van der Waals surface area contributed by atoms with Crippen LogP contribution < -0.4 is 5.84 Å². The number of nitrogens with zero attached hydrogens (tertiary/aromatic N) is 2. The molecule has 0 aromatic heterocycles. The molecule has 18 heavy (non-hydrogen) atoms. The summed E-state index contributed by atoms with van der Waals surface area (Å²) < 4.78 is 0. The predicted octanol–water partition coefficient (Wildman–Crippen LogP) is 3.05. The van der Waals surface area contributed by atoms with Crippen LogP contribution in [0.3, 0.4) is 0 Å². The lowest BCUT2D eigenvalue weighted by molar-refractivity contribution is 0.536. The highest BCUT2D eigenvalue weighted by Gasteiger charge is 2.05. The molecule has 4 heteroatoms. The number of hydrogen-bond donors (Lipinski definition) is 2. The van der Waals surface area contributed by atoms with E-state index >= 15 is 0 Å². The minimum absolute atomic E-state index is 0.199. The second-order valence-corrected chi connectivity index (χ2v) is 3.16. The standard InChI is InChI=1S/C10H12N4.2C2H6/c1-7-3-8(6-11)5-9(4-7)10(12)14(2)13;2*1-2/h3-5,12H,13H2,1-2H3;2*1-2H3. The maximum absolute atomic E-state index is 8.74. The Kier molecular flexibility index (Phi) is 10.6. The Labute approximate surface area is 111 Å². The minimum Gasteiger partial charge on any atom is -0.298 e. The van der Waals surface area contributed by atoms with Crippen molar-refractivity contribution in [3.05, 3.63) is 34.9 Å². The fourth-order valence-electron chi connectivity index (χ4n) is 1.19. The highest BCUT2D eigenvalue weighted by atomic mass is 15.4. The fourth-order valence-corrected chi connectivity index (χ4v) is 1.19. The van der Waals surface area contributed by atoms with E-state index in [4.69, 9.17) is 16.5 Å². The third-order valence-corrected chi connectivity index (χ3v) is 1.83. The van der Waals surface area contributed by atoms with Crippen LogP contribution in [-0.2, 0) is 0 Å². The Bertz CT molecular complexity index is 403. The fraction of sp³-hybridized carbons (Fsp3) is 0.429. The largest absolute Gasteiger partial charge is 0.298 e. The molecular weight excluding hydrogens is 224 g/mol. The Morgan fingerprint density at radius 2 is 1.72 bits per heavy atom. The van der Waals surface area contributed by atoms with Gasteiger partial charge in [0.05, 0.1) is 11.6 Å². The first-order valence-electron chi connectivity index (χ1n) is 6.13. The van der Waals surface area contributed by atoms with E-state index in [2.05, 4.69) is 0 Å². The van der Waals surface area contributed by atoms with Crippen molar-refractivity contribution in [3.63, 3.8) is 0 Å². The number of hydrogen-bond acceptors (Lipinski definition) is 3. The number of benzene rings is 1. The molecule has 0 heterocycles. The Balaban J connectivity index is 0. The van der Waals surface area contributed by atoms with Gasteiger partial charge in [0.1, 0.15) is 5.84 Å². The summed E-state index contributed by atoms with van der Waals surface area (Å²) in [5.41, 5.74) is 2.16. The van der Waals surface area contributed by atoms with Gasteiger partial charge in [0.2, 0.25) is 0 Å². The van der Waals surface area contributed by atoms with Gasteiger partial charge in [0.25, 0.3) is 0 Å². The van der Waals surface area contributed by atoms with E-state index in [0.717, 1.165) is 5.56 Å². The molecule has 0 spiro atoms. The van der Waals surface area contributed by atoms with E-state index in [1.165, 1.54) is 5.01 Å². The summed E-state index contributed by atoms with van der Waals surface area (Å²) in [5, 5.41) is 17.6. The molecule has 0 atom stereocenters. The minimum atomic E-state index is 0.199. The average molecular weight is 248 g/mol. The number of nitrogens with two attached hydrogens (primary N) is 1. The first kappa shape index (κ1) is 18.5. The van der Waals surface area contributed by atoms with Crippen molar-refractivity contribution >= 4 is 5.84 Å². The van der Waals surface area contributed by atoms with Crippen LogP contribution >= 0.6 is 0 Å². The molecule has 0 saturated heterocycles. The molecule has 4 nitrogen and oxygen atoms in total. The topological polar surface area (TPSA) is 76.9 Å². The summed E-state index contributed by atoms with van der Waals surface area (Å²) in [6, 6.07) is 7.29. The highest BCUT2D eigenvalue weighted by Crippen LogP contribution is 2.09. The summed E-state index contributed by atoms with van der Waals surface area (Å²) >= 11 is 0. The predicted molar refractivity (Wildman–Crippen MR) is 77.4 cm³/mol. The molecule has 0 aliphatic carbocycles. The van der Waals surface area contributed by atoms with E-state index < -0.39 is 0 Å². The molecule has 0 unspecified atom stereocenters. The van der Waals surface area contributed by atoms with Gasteiger partial charge in [-0.3, -0.25) is 10.4 Å². The summed E-state index contributed by atoms with van der Waals surface area (Å²) in [7, 11) is 1.59. The normalized spacial score (nSPS) is 7.89.